The fourth-order valence-electron chi connectivity index (χ4n) is 4.28. The van der Waals surface area contributed by atoms with E-state index in [1.807, 2.05) is 24.3 Å². The third kappa shape index (κ3) is 3.55. The maximum atomic E-state index is 12.6. The van der Waals surface area contributed by atoms with Crippen LogP contribution in [0.2, 0.25) is 5.02 Å². The van der Waals surface area contributed by atoms with E-state index in [4.69, 9.17) is 11.6 Å². The quantitative estimate of drug-likeness (QED) is 0.480. The number of anilines is 1. The van der Waals surface area contributed by atoms with E-state index in [-0.39, 0.29) is 5.91 Å². The van der Waals surface area contributed by atoms with E-state index >= 15 is 0 Å². The molecule has 1 aliphatic carbocycles. The van der Waals surface area contributed by atoms with Crippen LogP contribution in [-0.2, 0) is 18.4 Å². The van der Waals surface area contributed by atoms with Crippen LogP contribution in [0.1, 0.15) is 38.3 Å². The van der Waals surface area contributed by atoms with E-state index < -0.39 is 5.60 Å². The van der Waals surface area contributed by atoms with E-state index in [1.165, 1.54) is 0 Å². The molecule has 1 unspecified atom stereocenters. The zero-order chi connectivity index (χ0) is 22.1. The molecular formula is C26H20ClN3O2. The van der Waals surface area contributed by atoms with Crippen molar-refractivity contribution < 1.29 is 9.90 Å². The van der Waals surface area contributed by atoms with Crippen LogP contribution in [0.5, 0.6) is 0 Å². The van der Waals surface area contributed by atoms with Crippen molar-refractivity contribution in [2.75, 3.05) is 5.32 Å². The van der Waals surface area contributed by atoms with Gasteiger partial charge in [-0.3, -0.25) is 14.8 Å². The van der Waals surface area contributed by atoms with Gasteiger partial charge in [0, 0.05) is 34.9 Å². The van der Waals surface area contributed by atoms with Crippen molar-refractivity contribution in [3.63, 3.8) is 0 Å². The summed E-state index contributed by atoms with van der Waals surface area (Å²) in [5, 5.41) is 15.6. The Labute approximate surface area is 190 Å². The highest BCUT2D eigenvalue weighted by Gasteiger charge is 2.40. The fraction of sp³-hybridized carbons (Fsp3) is 0.115. The number of aryl methyl sites for hydroxylation is 2. The first kappa shape index (κ1) is 20.4. The molecular weight excluding hydrogens is 422 g/mol. The van der Waals surface area contributed by atoms with Crippen molar-refractivity contribution >= 4 is 23.2 Å². The summed E-state index contributed by atoms with van der Waals surface area (Å²) in [5.74, 6) is -0.235. The molecule has 4 aromatic rings. The average molecular weight is 442 g/mol. The fourth-order valence-corrected chi connectivity index (χ4v) is 4.47. The molecule has 0 saturated heterocycles. The van der Waals surface area contributed by atoms with Crippen molar-refractivity contribution in [2.24, 2.45) is 0 Å². The van der Waals surface area contributed by atoms with Crippen LogP contribution in [0.25, 0.3) is 0 Å². The lowest BCUT2D eigenvalue weighted by Gasteiger charge is -2.30. The van der Waals surface area contributed by atoms with Gasteiger partial charge in [-0.25, -0.2) is 0 Å². The van der Waals surface area contributed by atoms with E-state index in [1.54, 1.807) is 61.1 Å². The van der Waals surface area contributed by atoms with Gasteiger partial charge in [-0.2, -0.15) is 0 Å². The monoisotopic (exact) mass is 441 g/mol. The lowest BCUT2D eigenvalue weighted by molar-refractivity contribution is 0.102. The van der Waals surface area contributed by atoms with Crippen LogP contribution in [0.3, 0.4) is 0 Å². The van der Waals surface area contributed by atoms with Gasteiger partial charge < -0.3 is 10.4 Å². The zero-order valence-corrected chi connectivity index (χ0v) is 17.9. The predicted octanol–water partition coefficient (Wildman–Crippen LogP) is 4.77. The summed E-state index contributed by atoms with van der Waals surface area (Å²) in [6.45, 7) is 0. The largest absolute Gasteiger partial charge is 0.374 e. The Morgan fingerprint density at radius 1 is 0.938 bits per heavy atom. The van der Waals surface area contributed by atoms with E-state index in [9.17, 15) is 9.90 Å². The highest BCUT2D eigenvalue weighted by Crippen LogP contribution is 2.42. The molecule has 2 heterocycles. The van der Waals surface area contributed by atoms with Crippen molar-refractivity contribution in [2.45, 2.75) is 18.4 Å². The number of hydrogen-bond acceptors (Lipinski definition) is 4. The van der Waals surface area contributed by atoms with Gasteiger partial charge in [0.15, 0.2) is 5.60 Å². The molecule has 0 aliphatic heterocycles. The molecule has 2 N–H and O–H groups in total. The Morgan fingerprint density at radius 2 is 1.69 bits per heavy atom. The van der Waals surface area contributed by atoms with Gasteiger partial charge in [-0.05, 0) is 77.6 Å². The highest BCUT2D eigenvalue weighted by atomic mass is 35.5. The maximum Gasteiger partial charge on any atom is 0.255 e. The lowest BCUT2D eigenvalue weighted by atomic mass is 9.80. The number of carbonyl (C=O) groups excluding carboxylic acids is 1. The summed E-state index contributed by atoms with van der Waals surface area (Å²) in [6, 6.07) is 19.9. The molecule has 1 atom stereocenters. The Balaban J connectivity index is 1.57. The molecule has 5 nitrogen and oxygen atoms in total. The summed E-state index contributed by atoms with van der Waals surface area (Å²) in [5.41, 5.74) is 3.68. The summed E-state index contributed by atoms with van der Waals surface area (Å²) in [6.07, 6.45) is 6.44. The van der Waals surface area contributed by atoms with Crippen LogP contribution in [0.15, 0.2) is 85.3 Å². The number of carbonyl (C=O) groups is 1. The zero-order valence-electron chi connectivity index (χ0n) is 17.1. The highest BCUT2D eigenvalue weighted by molar-refractivity contribution is 6.30. The number of benzene rings is 2. The molecule has 158 valence electrons. The smallest absolute Gasteiger partial charge is 0.255 e. The molecule has 0 spiro atoms. The normalized spacial score (nSPS) is 17.1. The molecule has 0 fully saturated rings. The molecule has 1 aliphatic rings. The first-order valence-corrected chi connectivity index (χ1v) is 10.7. The van der Waals surface area contributed by atoms with Gasteiger partial charge in [0.25, 0.3) is 5.91 Å². The van der Waals surface area contributed by atoms with Gasteiger partial charge in [0.05, 0.1) is 5.69 Å². The second-order valence-corrected chi connectivity index (χ2v) is 8.23. The minimum absolute atomic E-state index is 0.235. The third-order valence-electron chi connectivity index (χ3n) is 5.86. The minimum atomic E-state index is -1.45. The lowest BCUT2D eigenvalue weighted by Crippen LogP contribution is -2.31. The van der Waals surface area contributed by atoms with Crippen molar-refractivity contribution in [3.05, 3.63) is 124 Å². The van der Waals surface area contributed by atoms with Crippen molar-refractivity contribution in [1.29, 1.82) is 0 Å². The van der Waals surface area contributed by atoms with Gasteiger partial charge in [-0.15, -0.1) is 0 Å². The Bertz CT molecular complexity index is 1290. The third-order valence-corrected chi connectivity index (χ3v) is 6.09. The Morgan fingerprint density at radius 3 is 2.47 bits per heavy atom. The van der Waals surface area contributed by atoms with Crippen molar-refractivity contribution in [1.82, 2.24) is 9.97 Å². The molecule has 0 bridgehead atoms. The molecule has 0 saturated carbocycles. The number of aliphatic hydroxyl groups is 1. The first-order chi connectivity index (χ1) is 15.6. The summed E-state index contributed by atoms with van der Waals surface area (Å²) >= 11 is 6.26. The number of aromatic nitrogens is 2. The number of halogens is 1. The molecule has 5 rings (SSSR count). The number of pyridine rings is 2. The molecule has 2 aromatic heterocycles. The van der Waals surface area contributed by atoms with Crippen LogP contribution in [0, 0.1) is 0 Å². The SMILES string of the molecule is O=C(Nc1ccncc1)c1ccc(C2(O)c3ccc(Cl)cc3CCc3cccnc32)cc1. The standard InChI is InChI=1S/C26H20ClN3O2/c27-21-9-10-23-19(16-21)4-3-17-2-1-13-29-24(17)26(23,32)20-7-5-18(6-8-20)25(31)30-22-11-14-28-15-12-22/h1-2,5-16,32H,3-4H2,(H,28,30,31). The second-order valence-electron chi connectivity index (χ2n) is 7.79. The summed E-state index contributed by atoms with van der Waals surface area (Å²) in [4.78, 5) is 21.2. The first-order valence-electron chi connectivity index (χ1n) is 10.3. The van der Waals surface area contributed by atoms with Crippen molar-refractivity contribution in [3.8, 4) is 0 Å². The predicted molar refractivity (Wildman–Crippen MR) is 124 cm³/mol. The van der Waals surface area contributed by atoms with Crippen LogP contribution >= 0.6 is 11.6 Å². The van der Waals surface area contributed by atoms with Gasteiger partial charge in [-0.1, -0.05) is 35.9 Å². The maximum absolute atomic E-state index is 12.6. The molecule has 0 radical (unpaired) electrons. The number of fused-ring (bicyclic) bond motifs is 2. The summed E-state index contributed by atoms with van der Waals surface area (Å²) < 4.78 is 0. The second kappa shape index (κ2) is 8.19. The Kier molecular flexibility index (Phi) is 5.21. The van der Waals surface area contributed by atoms with E-state index in [2.05, 4.69) is 15.3 Å². The van der Waals surface area contributed by atoms with Crippen LogP contribution in [-0.4, -0.2) is 21.0 Å². The van der Waals surface area contributed by atoms with Gasteiger partial charge >= 0.3 is 0 Å². The molecule has 2 aromatic carbocycles. The van der Waals surface area contributed by atoms with Crippen LogP contribution in [0.4, 0.5) is 5.69 Å². The molecule has 32 heavy (non-hydrogen) atoms. The van der Waals surface area contributed by atoms with E-state index in [0.717, 1.165) is 29.5 Å². The molecule has 6 heteroatoms. The Hall–Kier alpha value is -3.54. The number of nitrogens with one attached hydrogen (secondary N) is 1. The topological polar surface area (TPSA) is 75.1 Å². The number of rotatable bonds is 3. The van der Waals surface area contributed by atoms with Gasteiger partial charge in [0.1, 0.15) is 0 Å². The van der Waals surface area contributed by atoms with Gasteiger partial charge in [0.2, 0.25) is 0 Å². The molecule has 1 amide bonds. The average Bonchev–Trinajstić information content (AvgIpc) is 2.95. The van der Waals surface area contributed by atoms with Crippen LogP contribution < -0.4 is 5.32 Å². The number of hydrogen-bond donors (Lipinski definition) is 2. The number of nitrogens with zero attached hydrogens (tertiary/aromatic N) is 2. The number of amides is 1. The minimum Gasteiger partial charge on any atom is -0.374 e. The summed E-state index contributed by atoms with van der Waals surface area (Å²) in [7, 11) is 0. The van der Waals surface area contributed by atoms with E-state index in [0.29, 0.717) is 27.5 Å².